The van der Waals surface area contributed by atoms with Crippen molar-refractivity contribution in [3.05, 3.63) is 29.3 Å². The summed E-state index contributed by atoms with van der Waals surface area (Å²) >= 11 is 0. The van der Waals surface area contributed by atoms with Gasteiger partial charge in [0.1, 0.15) is 0 Å². The van der Waals surface area contributed by atoms with Gasteiger partial charge in [0.05, 0.1) is 6.61 Å². The molecule has 0 aliphatic heterocycles. The maximum atomic E-state index is 11.6. The van der Waals surface area contributed by atoms with Crippen LogP contribution in [-0.2, 0) is 14.3 Å². The molecule has 0 bridgehead atoms. The molecular weight excluding hydrogens is 242 g/mol. The summed E-state index contributed by atoms with van der Waals surface area (Å²) in [5.41, 5.74) is 2.81. The van der Waals surface area contributed by atoms with E-state index < -0.39 is 11.9 Å². The van der Waals surface area contributed by atoms with Crippen LogP contribution < -0.4 is 5.32 Å². The smallest absolute Gasteiger partial charge is 0.397 e. The van der Waals surface area contributed by atoms with Crippen molar-refractivity contribution >= 4 is 17.6 Å². The molecular formula is C15H21NO3. The predicted octanol–water partition coefficient (Wildman–Crippen LogP) is 2.98. The summed E-state index contributed by atoms with van der Waals surface area (Å²) < 4.78 is 4.88. The van der Waals surface area contributed by atoms with Crippen LogP contribution in [0, 0.1) is 13.8 Å². The zero-order chi connectivity index (χ0) is 14.3. The third-order valence-electron chi connectivity index (χ3n) is 2.93. The Bertz CT molecular complexity index is 455. The molecule has 0 saturated heterocycles. The van der Waals surface area contributed by atoms with Crippen LogP contribution in [0.1, 0.15) is 37.3 Å². The third kappa shape index (κ3) is 5.12. The number of carbonyl (C=O) groups is 2. The minimum Gasteiger partial charge on any atom is -0.459 e. The molecule has 1 aromatic rings. The van der Waals surface area contributed by atoms with E-state index in [-0.39, 0.29) is 0 Å². The first-order valence-corrected chi connectivity index (χ1v) is 6.60. The second-order valence-corrected chi connectivity index (χ2v) is 4.60. The first kappa shape index (κ1) is 15.2. The first-order valence-electron chi connectivity index (χ1n) is 6.60. The van der Waals surface area contributed by atoms with Gasteiger partial charge >= 0.3 is 11.9 Å². The largest absolute Gasteiger partial charge is 0.459 e. The maximum Gasteiger partial charge on any atom is 0.397 e. The number of amides is 1. The second-order valence-electron chi connectivity index (χ2n) is 4.60. The van der Waals surface area contributed by atoms with Crippen LogP contribution >= 0.6 is 0 Å². The third-order valence-corrected chi connectivity index (χ3v) is 2.93. The minimum absolute atomic E-state index is 0.299. The van der Waals surface area contributed by atoms with Gasteiger partial charge in [0.25, 0.3) is 0 Å². The number of benzene rings is 1. The van der Waals surface area contributed by atoms with Crippen molar-refractivity contribution in [3.8, 4) is 0 Å². The Kier molecular flexibility index (Phi) is 6.06. The van der Waals surface area contributed by atoms with E-state index in [0.717, 1.165) is 30.4 Å². The van der Waals surface area contributed by atoms with E-state index in [1.165, 1.54) is 0 Å². The maximum absolute atomic E-state index is 11.6. The van der Waals surface area contributed by atoms with Crippen molar-refractivity contribution in [2.75, 3.05) is 11.9 Å². The number of hydrogen-bond donors (Lipinski definition) is 1. The Labute approximate surface area is 114 Å². The van der Waals surface area contributed by atoms with Crippen molar-refractivity contribution < 1.29 is 14.3 Å². The number of hydrogen-bond acceptors (Lipinski definition) is 3. The predicted molar refractivity (Wildman–Crippen MR) is 75.0 cm³/mol. The van der Waals surface area contributed by atoms with E-state index in [0.29, 0.717) is 12.3 Å². The van der Waals surface area contributed by atoms with Crippen LogP contribution in [0.15, 0.2) is 18.2 Å². The summed E-state index contributed by atoms with van der Waals surface area (Å²) in [5, 5.41) is 2.54. The lowest BCUT2D eigenvalue weighted by molar-refractivity contribution is -0.152. The van der Waals surface area contributed by atoms with Crippen LogP contribution in [0.4, 0.5) is 5.69 Å². The molecule has 0 aromatic heterocycles. The molecule has 0 heterocycles. The lowest BCUT2D eigenvalue weighted by atomic mass is 10.1. The Hall–Kier alpha value is -1.84. The number of carbonyl (C=O) groups excluding carboxylic acids is 2. The molecule has 1 aromatic carbocycles. The van der Waals surface area contributed by atoms with Gasteiger partial charge in [-0.05, 0) is 43.5 Å². The molecule has 0 atom stereocenters. The number of ether oxygens (including phenoxy) is 1. The molecule has 104 valence electrons. The second kappa shape index (κ2) is 7.56. The van der Waals surface area contributed by atoms with Gasteiger partial charge in [-0.3, -0.25) is 4.79 Å². The average Bonchev–Trinajstić information content (AvgIpc) is 2.38. The summed E-state index contributed by atoms with van der Waals surface area (Å²) in [4.78, 5) is 23.0. The zero-order valence-corrected chi connectivity index (χ0v) is 11.8. The van der Waals surface area contributed by atoms with E-state index in [1.54, 1.807) is 6.07 Å². The number of rotatable bonds is 5. The van der Waals surface area contributed by atoms with E-state index in [4.69, 9.17) is 4.74 Å². The molecule has 0 unspecified atom stereocenters. The summed E-state index contributed by atoms with van der Waals surface area (Å²) in [5.74, 6) is -1.55. The Balaban J connectivity index is 2.45. The summed E-state index contributed by atoms with van der Waals surface area (Å²) in [6.45, 7) is 6.30. The van der Waals surface area contributed by atoms with E-state index in [1.807, 2.05) is 26.0 Å². The van der Waals surface area contributed by atoms with Crippen LogP contribution in [0.5, 0.6) is 0 Å². The van der Waals surface area contributed by atoms with E-state index >= 15 is 0 Å². The highest BCUT2D eigenvalue weighted by molar-refractivity contribution is 6.37. The monoisotopic (exact) mass is 263 g/mol. The van der Waals surface area contributed by atoms with Crippen molar-refractivity contribution in [1.29, 1.82) is 0 Å². The van der Waals surface area contributed by atoms with E-state index in [2.05, 4.69) is 12.2 Å². The normalized spacial score (nSPS) is 10.1. The number of anilines is 1. The van der Waals surface area contributed by atoms with Crippen molar-refractivity contribution in [3.63, 3.8) is 0 Å². The Morgan fingerprint density at radius 1 is 1.16 bits per heavy atom. The van der Waals surface area contributed by atoms with Crippen molar-refractivity contribution in [2.24, 2.45) is 0 Å². The highest BCUT2D eigenvalue weighted by Gasteiger charge is 2.15. The number of aryl methyl sites for hydroxylation is 2. The van der Waals surface area contributed by atoms with E-state index in [9.17, 15) is 9.59 Å². The fourth-order valence-corrected chi connectivity index (χ4v) is 1.58. The number of unbranched alkanes of at least 4 members (excludes halogenated alkanes) is 2. The fourth-order valence-electron chi connectivity index (χ4n) is 1.58. The number of nitrogens with one attached hydrogen (secondary N) is 1. The van der Waals surface area contributed by atoms with Crippen molar-refractivity contribution in [1.82, 2.24) is 0 Å². The van der Waals surface area contributed by atoms with Crippen LogP contribution in [0.3, 0.4) is 0 Å². The molecule has 0 spiro atoms. The van der Waals surface area contributed by atoms with Crippen LogP contribution in [-0.4, -0.2) is 18.5 Å². The lowest BCUT2D eigenvalue weighted by Crippen LogP contribution is -2.25. The molecule has 1 rings (SSSR count). The molecule has 0 aliphatic carbocycles. The topological polar surface area (TPSA) is 55.4 Å². The van der Waals surface area contributed by atoms with Gasteiger partial charge in [0.2, 0.25) is 0 Å². The molecule has 4 nitrogen and oxygen atoms in total. The van der Waals surface area contributed by atoms with Gasteiger partial charge in [-0.2, -0.15) is 0 Å². The van der Waals surface area contributed by atoms with Gasteiger partial charge < -0.3 is 10.1 Å². The summed E-state index contributed by atoms with van der Waals surface area (Å²) in [6, 6.07) is 5.50. The highest BCUT2D eigenvalue weighted by Crippen LogP contribution is 2.14. The SMILES string of the molecule is CCCCCOC(=O)C(=O)Nc1ccc(C)c(C)c1. The Morgan fingerprint density at radius 2 is 1.89 bits per heavy atom. The number of esters is 1. The minimum atomic E-state index is -0.825. The summed E-state index contributed by atoms with van der Waals surface area (Å²) in [7, 11) is 0. The summed E-state index contributed by atoms with van der Waals surface area (Å²) in [6.07, 6.45) is 2.83. The molecule has 1 N–H and O–H groups in total. The first-order chi connectivity index (χ1) is 9.04. The molecule has 0 aliphatic rings. The molecule has 0 saturated carbocycles. The standard InChI is InChI=1S/C15H21NO3/c1-4-5-6-9-19-15(18)14(17)16-13-8-7-11(2)12(3)10-13/h7-8,10H,4-6,9H2,1-3H3,(H,16,17). The Morgan fingerprint density at radius 3 is 2.53 bits per heavy atom. The molecule has 0 radical (unpaired) electrons. The molecule has 4 heteroatoms. The van der Waals surface area contributed by atoms with Gasteiger partial charge in [0.15, 0.2) is 0 Å². The van der Waals surface area contributed by atoms with Gasteiger partial charge in [-0.25, -0.2) is 4.79 Å². The van der Waals surface area contributed by atoms with Gasteiger partial charge in [0, 0.05) is 5.69 Å². The van der Waals surface area contributed by atoms with Gasteiger partial charge in [-0.1, -0.05) is 25.8 Å². The average molecular weight is 263 g/mol. The lowest BCUT2D eigenvalue weighted by Gasteiger charge is -2.07. The molecule has 0 fully saturated rings. The molecule has 19 heavy (non-hydrogen) atoms. The van der Waals surface area contributed by atoms with Crippen LogP contribution in [0.2, 0.25) is 0 Å². The molecule has 1 amide bonds. The van der Waals surface area contributed by atoms with Gasteiger partial charge in [-0.15, -0.1) is 0 Å². The van der Waals surface area contributed by atoms with Crippen molar-refractivity contribution in [2.45, 2.75) is 40.0 Å². The zero-order valence-electron chi connectivity index (χ0n) is 11.8. The quantitative estimate of drug-likeness (QED) is 0.505. The fraction of sp³-hybridized carbons (Fsp3) is 0.467. The highest BCUT2D eigenvalue weighted by atomic mass is 16.5. The van der Waals surface area contributed by atoms with Crippen LogP contribution in [0.25, 0.3) is 0 Å².